The molecular formula is C65H100O6. The summed E-state index contributed by atoms with van der Waals surface area (Å²) in [7, 11) is 0. The maximum absolute atomic E-state index is 12.8. The molecule has 71 heavy (non-hydrogen) atoms. The second kappa shape index (κ2) is 57.6. The van der Waals surface area contributed by atoms with E-state index in [2.05, 4.69) is 179 Å². The molecule has 0 fully saturated rings. The van der Waals surface area contributed by atoms with E-state index in [-0.39, 0.29) is 44.0 Å². The van der Waals surface area contributed by atoms with Crippen LogP contribution in [-0.2, 0) is 28.6 Å². The maximum Gasteiger partial charge on any atom is 0.306 e. The minimum Gasteiger partial charge on any atom is -0.462 e. The molecule has 0 aromatic heterocycles. The molecule has 0 saturated heterocycles. The molecule has 0 radical (unpaired) electrons. The van der Waals surface area contributed by atoms with Crippen molar-refractivity contribution in [3.05, 3.63) is 158 Å². The molecule has 1 unspecified atom stereocenters. The molecule has 396 valence electrons. The van der Waals surface area contributed by atoms with E-state index in [1.54, 1.807) is 0 Å². The van der Waals surface area contributed by atoms with Gasteiger partial charge in [0, 0.05) is 19.3 Å². The van der Waals surface area contributed by atoms with Crippen molar-refractivity contribution in [2.75, 3.05) is 13.2 Å². The summed E-state index contributed by atoms with van der Waals surface area (Å²) in [6.45, 7) is 6.27. The molecule has 0 amide bonds. The molecule has 1 atom stereocenters. The molecule has 6 heteroatoms. The quantitative estimate of drug-likeness (QED) is 0.0262. The van der Waals surface area contributed by atoms with Crippen LogP contribution >= 0.6 is 0 Å². The third kappa shape index (κ3) is 55.8. The standard InChI is InChI=1S/C65H100O6/c1-4-7-10-13-16-18-20-22-24-26-28-30-32-34-36-38-40-42-44-46-49-52-55-58-64(67)70-61-62(60-69-63(66)57-54-51-48-15-12-9-6-3)71-65(68)59-56-53-50-47-45-43-41-39-37-35-33-31-29-27-25-23-21-19-17-14-11-8-5-2/h7-8,10-11,16-19,22-25,28-31,34-37,40-43,46,49,62H,4-6,9,12-15,20-21,26-27,32-33,38-39,44-45,47-48,50-61H2,1-3H3/b10-7-,11-8-,18-16-,19-17-,24-22-,25-23-,30-28-,31-29-,36-34-,37-35-,42-40-,43-41-,49-46-. The number of ether oxygens (including phenoxy) is 3. The summed E-state index contributed by atoms with van der Waals surface area (Å²) in [5, 5.41) is 0. The van der Waals surface area contributed by atoms with E-state index in [0.717, 1.165) is 141 Å². The summed E-state index contributed by atoms with van der Waals surface area (Å²) in [6.07, 6.45) is 84.0. The molecule has 0 rings (SSSR count). The average Bonchev–Trinajstić information content (AvgIpc) is 3.37. The lowest BCUT2D eigenvalue weighted by Crippen LogP contribution is -2.30. The van der Waals surface area contributed by atoms with Gasteiger partial charge in [-0.25, -0.2) is 0 Å². The van der Waals surface area contributed by atoms with Crippen LogP contribution in [0.15, 0.2) is 158 Å². The van der Waals surface area contributed by atoms with Crippen LogP contribution in [-0.4, -0.2) is 37.2 Å². The van der Waals surface area contributed by atoms with E-state index in [0.29, 0.717) is 12.8 Å². The summed E-state index contributed by atoms with van der Waals surface area (Å²) >= 11 is 0. The Bertz CT molecular complexity index is 1640. The van der Waals surface area contributed by atoms with Crippen molar-refractivity contribution in [3.8, 4) is 0 Å². The van der Waals surface area contributed by atoms with E-state index in [1.807, 2.05) is 0 Å². The number of allylic oxidation sites excluding steroid dienone is 26. The molecule has 0 saturated carbocycles. The minimum absolute atomic E-state index is 0.113. The predicted molar refractivity (Wildman–Crippen MR) is 306 cm³/mol. The Balaban J connectivity index is 4.42. The Labute approximate surface area is 435 Å². The molecule has 0 aliphatic rings. The maximum atomic E-state index is 12.8. The first-order valence-electron chi connectivity index (χ1n) is 28.0. The van der Waals surface area contributed by atoms with Gasteiger partial charge in [-0.1, -0.05) is 230 Å². The Kier molecular flexibility index (Phi) is 53.6. The fourth-order valence-electron chi connectivity index (χ4n) is 6.90. The summed E-state index contributed by atoms with van der Waals surface area (Å²) in [6, 6.07) is 0. The van der Waals surface area contributed by atoms with Gasteiger partial charge in [-0.2, -0.15) is 0 Å². The van der Waals surface area contributed by atoms with Gasteiger partial charge in [-0.3, -0.25) is 14.4 Å². The second-order valence-electron chi connectivity index (χ2n) is 17.7. The third-order valence-electron chi connectivity index (χ3n) is 11.0. The Morgan fingerprint density at radius 3 is 0.915 bits per heavy atom. The van der Waals surface area contributed by atoms with Crippen LogP contribution in [0.1, 0.15) is 213 Å². The highest BCUT2D eigenvalue weighted by Gasteiger charge is 2.19. The highest BCUT2D eigenvalue weighted by atomic mass is 16.6. The van der Waals surface area contributed by atoms with Gasteiger partial charge in [0.1, 0.15) is 13.2 Å². The first-order chi connectivity index (χ1) is 35.0. The second-order valence-corrected chi connectivity index (χ2v) is 17.7. The van der Waals surface area contributed by atoms with Gasteiger partial charge in [0.05, 0.1) is 0 Å². The largest absolute Gasteiger partial charge is 0.462 e. The van der Waals surface area contributed by atoms with Gasteiger partial charge >= 0.3 is 17.9 Å². The predicted octanol–water partition coefficient (Wildman–Crippen LogP) is 19.0. The lowest BCUT2D eigenvalue weighted by atomic mass is 10.1. The molecule has 0 heterocycles. The zero-order chi connectivity index (χ0) is 51.4. The Hall–Kier alpha value is -4.97. The summed E-state index contributed by atoms with van der Waals surface area (Å²) < 4.78 is 16.7. The van der Waals surface area contributed by atoms with Crippen molar-refractivity contribution in [2.45, 2.75) is 219 Å². The molecule has 0 aliphatic heterocycles. The van der Waals surface area contributed by atoms with Crippen molar-refractivity contribution in [1.82, 2.24) is 0 Å². The number of carbonyl (C=O) groups is 3. The lowest BCUT2D eigenvalue weighted by molar-refractivity contribution is -0.167. The number of carbonyl (C=O) groups excluding carboxylic acids is 3. The Morgan fingerprint density at radius 2 is 0.563 bits per heavy atom. The van der Waals surface area contributed by atoms with Crippen molar-refractivity contribution < 1.29 is 28.6 Å². The van der Waals surface area contributed by atoms with Gasteiger partial charge < -0.3 is 14.2 Å². The van der Waals surface area contributed by atoms with Gasteiger partial charge in [0.15, 0.2) is 6.10 Å². The monoisotopic (exact) mass is 977 g/mol. The van der Waals surface area contributed by atoms with Gasteiger partial charge in [0.2, 0.25) is 0 Å². The third-order valence-corrected chi connectivity index (χ3v) is 11.0. The van der Waals surface area contributed by atoms with Crippen LogP contribution in [0.25, 0.3) is 0 Å². The zero-order valence-corrected chi connectivity index (χ0v) is 45.2. The van der Waals surface area contributed by atoms with Crippen LogP contribution in [0.3, 0.4) is 0 Å². The normalized spacial score (nSPS) is 13.3. The van der Waals surface area contributed by atoms with Gasteiger partial charge in [-0.15, -0.1) is 0 Å². The number of rotatable bonds is 48. The molecule has 0 aromatic carbocycles. The number of esters is 3. The van der Waals surface area contributed by atoms with E-state index < -0.39 is 6.10 Å². The SMILES string of the molecule is CC/C=C\C/C=C\C/C=C\C/C=C\C/C=C\C/C=C\C/C=C\CCCC(=O)OCC(COC(=O)CCCCCCCCC)OC(=O)CCCCCC/C=C\C/C=C\C/C=C\C/C=C\C/C=C\C/C=C\CC. The van der Waals surface area contributed by atoms with E-state index in [4.69, 9.17) is 14.2 Å². The zero-order valence-electron chi connectivity index (χ0n) is 45.2. The van der Waals surface area contributed by atoms with Gasteiger partial charge in [0.25, 0.3) is 0 Å². The molecular weight excluding hydrogens is 877 g/mol. The molecule has 0 aromatic rings. The summed E-state index contributed by atoms with van der Waals surface area (Å²) in [4.78, 5) is 37.9. The fraction of sp³-hybridized carbons (Fsp3) is 0.554. The highest BCUT2D eigenvalue weighted by Crippen LogP contribution is 2.12. The van der Waals surface area contributed by atoms with Crippen LogP contribution in [0.5, 0.6) is 0 Å². The smallest absolute Gasteiger partial charge is 0.306 e. The van der Waals surface area contributed by atoms with Crippen molar-refractivity contribution in [2.24, 2.45) is 0 Å². The fourth-order valence-corrected chi connectivity index (χ4v) is 6.90. The number of hydrogen-bond acceptors (Lipinski definition) is 6. The highest BCUT2D eigenvalue weighted by molar-refractivity contribution is 5.71. The van der Waals surface area contributed by atoms with Crippen molar-refractivity contribution in [1.29, 1.82) is 0 Å². The average molecular weight is 978 g/mol. The number of hydrogen-bond donors (Lipinski definition) is 0. The van der Waals surface area contributed by atoms with Crippen LogP contribution in [0.4, 0.5) is 0 Å². The van der Waals surface area contributed by atoms with E-state index in [1.165, 1.54) is 25.7 Å². The first-order valence-corrected chi connectivity index (χ1v) is 28.0. The van der Waals surface area contributed by atoms with E-state index >= 15 is 0 Å². The van der Waals surface area contributed by atoms with Crippen LogP contribution in [0.2, 0.25) is 0 Å². The molecule has 0 bridgehead atoms. The molecule has 0 spiro atoms. The summed E-state index contributed by atoms with van der Waals surface area (Å²) in [5.74, 6) is -1.02. The first kappa shape index (κ1) is 66.0. The van der Waals surface area contributed by atoms with Gasteiger partial charge in [-0.05, 0) is 122 Å². The van der Waals surface area contributed by atoms with Crippen LogP contribution < -0.4 is 0 Å². The van der Waals surface area contributed by atoms with Crippen molar-refractivity contribution in [3.63, 3.8) is 0 Å². The van der Waals surface area contributed by atoms with E-state index in [9.17, 15) is 14.4 Å². The topological polar surface area (TPSA) is 78.9 Å². The lowest BCUT2D eigenvalue weighted by Gasteiger charge is -2.18. The van der Waals surface area contributed by atoms with Crippen LogP contribution in [0, 0.1) is 0 Å². The minimum atomic E-state index is -0.821. The number of unbranched alkanes of at least 4 members (excludes halogenated alkanes) is 11. The van der Waals surface area contributed by atoms with Crippen molar-refractivity contribution >= 4 is 17.9 Å². The summed E-state index contributed by atoms with van der Waals surface area (Å²) in [5.41, 5.74) is 0. The Morgan fingerprint density at radius 1 is 0.296 bits per heavy atom. The molecule has 6 nitrogen and oxygen atoms in total. The molecule has 0 N–H and O–H groups in total. The molecule has 0 aliphatic carbocycles.